The first kappa shape index (κ1) is 16.0. The zero-order chi connectivity index (χ0) is 17.4. The highest BCUT2D eigenvalue weighted by atomic mass is 16.7. The van der Waals surface area contributed by atoms with Crippen molar-refractivity contribution in [2.75, 3.05) is 19.9 Å². The number of nitrogens with zero attached hydrogens (tertiary/aromatic N) is 1. The molecule has 132 valence electrons. The van der Waals surface area contributed by atoms with Crippen molar-refractivity contribution in [2.24, 2.45) is 0 Å². The number of likely N-dealkylation sites (N-methyl/N-ethyl adjacent to an activating group) is 1. The van der Waals surface area contributed by atoms with E-state index in [2.05, 4.69) is 15.2 Å². The fourth-order valence-electron chi connectivity index (χ4n) is 3.58. The smallest absolute Gasteiger partial charge is 0.252 e. The first-order valence-corrected chi connectivity index (χ1v) is 8.63. The average Bonchev–Trinajstić information content (AvgIpc) is 3.22. The van der Waals surface area contributed by atoms with Crippen molar-refractivity contribution < 1.29 is 14.3 Å². The van der Waals surface area contributed by atoms with Crippen molar-refractivity contribution in [2.45, 2.75) is 32.4 Å². The van der Waals surface area contributed by atoms with Gasteiger partial charge in [0.1, 0.15) is 0 Å². The molecule has 1 saturated heterocycles. The molecule has 1 aromatic carbocycles. The lowest BCUT2D eigenvalue weighted by atomic mass is 10.1. The third-order valence-electron chi connectivity index (χ3n) is 4.81. The minimum atomic E-state index is -0.160. The number of benzene rings is 1. The van der Waals surface area contributed by atoms with Gasteiger partial charge in [0.25, 0.3) is 5.56 Å². The van der Waals surface area contributed by atoms with E-state index in [1.165, 1.54) is 0 Å². The highest BCUT2D eigenvalue weighted by Gasteiger charge is 2.30. The van der Waals surface area contributed by atoms with E-state index in [4.69, 9.17) is 9.47 Å². The number of hydrogen-bond donors (Lipinski definition) is 2. The number of carbonyl (C=O) groups is 1. The molecule has 1 atom stereocenters. The van der Waals surface area contributed by atoms with Gasteiger partial charge >= 0.3 is 0 Å². The topological polar surface area (TPSA) is 83.7 Å². The van der Waals surface area contributed by atoms with E-state index in [0.29, 0.717) is 30.2 Å². The Morgan fingerprint density at radius 2 is 2.12 bits per heavy atom. The lowest BCUT2D eigenvalue weighted by molar-refractivity contribution is -0.125. The van der Waals surface area contributed by atoms with Crippen LogP contribution in [0.4, 0.5) is 0 Å². The molecule has 0 spiro atoms. The van der Waals surface area contributed by atoms with E-state index in [0.717, 1.165) is 30.3 Å². The normalized spacial score (nSPS) is 19.5. The summed E-state index contributed by atoms with van der Waals surface area (Å²) in [6.45, 7) is 4.01. The number of aromatic nitrogens is 1. The second-order valence-corrected chi connectivity index (χ2v) is 6.44. The Hall–Kier alpha value is -2.54. The summed E-state index contributed by atoms with van der Waals surface area (Å²) in [5.74, 6) is 1.37. The summed E-state index contributed by atoms with van der Waals surface area (Å²) in [5.41, 5.74) is 1.25. The van der Waals surface area contributed by atoms with Crippen LogP contribution >= 0.6 is 0 Å². The molecule has 0 bridgehead atoms. The molecule has 2 aliphatic rings. The predicted molar refractivity (Wildman–Crippen MR) is 92.8 cm³/mol. The number of H-pyrrole nitrogens is 1. The molecule has 2 aromatic rings. The molecule has 0 radical (unpaired) electrons. The SMILES string of the molecule is CCNC(=O)[C@@H]1CCCN1Cc1cc2cc3c(cc2[nH]c1=O)OCO3. The molecule has 0 unspecified atom stereocenters. The van der Waals surface area contributed by atoms with Crippen molar-refractivity contribution in [3.05, 3.63) is 34.1 Å². The third-order valence-corrected chi connectivity index (χ3v) is 4.81. The molecule has 2 N–H and O–H groups in total. The van der Waals surface area contributed by atoms with Crippen LogP contribution in [0.3, 0.4) is 0 Å². The van der Waals surface area contributed by atoms with Gasteiger partial charge in [0.2, 0.25) is 12.7 Å². The summed E-state index contributed by atoms with van der Waals surface area (Å²) in [4.78, 5) is 29.7. The molecule has 1 amide bonds. The Morgan fingerprint density at radius 3 is 2.92 bits per heavy atom. The number of aromatic amines is 1. The van der Waals surface area contributed by atoms with Crippen LogP contribution in [-0.4, -0.2) is 41.7 Å². The quantitative estimate of drug-likeness (QED) is 0.876. The number of amides is 1. The fraction of sp³-hybridized carbons (Fsp3) is 0.444. The Kier molecular flexibility index (Phi) is 4.09. The number of rotatable bonds is 4. The van der Waals surface area contributed by atoms with Crippen molar-refractivity contribution in [1.29, 1.82) is 0 Å². The standard InChI is InChI=1S/C18H21N3O4/c1-2-19-18(23)14-4-3-5-21(14)9-12-6-11-7-15-16(25-10-24-15)8-13(11)20-17(12)22/h6-8,14H,2-5,9-10H2,1H3,(H,19,23)(H,20,22)/t14-/m0/s1. The van der Waals surface area contributed by atoms with Gasteiger partial charge in [0, 0.05) is 30.1 Å². The highest BCUT2D eigenvalue weighted by Crippen LogP contribution is 2.35. The summed E-state index contributed by atoms with van der Waals surface area (Å²) < 4.78 is 10.8. The number of carbonyl (C=O) groups excluding carboxylic acids is 1. The first-order chi connectivity index (χ1) is 12.2. The monoisotopic (exact) mass is 343 g/mol. The van der Waals surface area contributed by atoms with Crippen molar-refractivity contribution in [3.8, 4) is 11.5 Å². The van der Waals surface area contributed by atoms with Crippen molar-refractivity contribution >= 4 is 16.8 Å². The van der Waals surface area contributed by atoms with Gasteiger partial charge in [0.15, 0.2) is 11.5 Å². The van der Waals surface area contributed by atoms with E-state index in [1.54, 1.807) is 6.07 Å². The Labute approximate surface area is 144 Å². The van der Waals surface area contributed by atoms with Gasteiger partial charge in [-0.05, 0) is 38.4 Å². The zero-order valence-electron chi connectivity index (χ0n) is 14.1. The molecular formula is C18H21N3O4. The lowest BCUT2D eigenvalue weighted by Gasteiger charge is -2.23. The van der Waals surface area contributed by atoms with Gasteiger partial charge in [-0.15, -0.1) is 0 Å². The van der Waals surface area contributed by atoms with Gasteiger partial charge in [-0.1, -0.05) is 0 Å². The van der Waals surface area contributed by atoms with Gasteiger partial charge < -0.3 is 19.8 Å². The van der Waals surface area contributed by atoms with Gasteiger partial charge in [-0.25, -0.2) is 0 Å². The van der Waals surface area contributed by atoms with E-state index in [1.807, 2.05) is 19.1 Å². The molecule has 2 aliphatic heterocycles. The molecule has 3 heterocycles. The summed E-state index contributed by atoms with van der Waals surface area (Å²) in [6.07, 6.45) is 1.79. The minimum Gasteiger partial charge on any atom is -0.454 e. The Balaban J connectivity index is 1.63. The third kappa shape index (κ3) is 2.95. The number of hydrogen-bond acceptors (Lipinski definition) is 5. The Bertz CT molecular complexity index is 876. The lowest BCUT2D eigenvalue weighted by Crippen LogP contribution is -2.43. The summed E-state index contributed by atoms with van der Waals surface area (Å²) in [7, 11) is 0. The van der Waals surface area contributed by atoms with Crippen LogP contribution in [0.5, 0.6) is 11.5 Å². The summed E-state index contributed by atoms with van der Waals surface area (Å²) in [6, 6.07) is 5.38. The van der Waals surface area contributed by atoms with Gasteiger partial charge in [0.05, 0.1) is 11.6 Å². The van der Waals surface area contributed by atoms with Crippen LogP contribution in [0.25, 0.3) is 10.9 Å². The maximum Gasteiger partial charge on any atom is 0.252 e. The number of pyridine rings is 1. The highest BCUT2D eigenvalue weighted by molar-refractivity contribution is 5.83. The van der Waals surface area contributed by atoms with Crippen LogP contribution in [0.15, 0.2) is 23.0 Å². The molecule has 1 aromatic heterocycles. The zero-order valence-corrected chi connectivity index (χ0v) is 14.1. The van der Waals surface area contributed by atoms with Crippen molar-refractivity contribution in [3.63, 3.8) is 0 Å². The van der Waals surface area contributed by atoms with Gasteiger partial charge in [-0.3, -0.25) is 14.5 Å². The summed E-state index contributed by atoms with van der Waals surface area (Å²) >= 11 is 0. The molecule has 7 heteroatoms. The minimum absolute atomic E-state index is 0.0422. The van der Waals surface area contributed by atoms with E-state index >= 15 is 0 Å². The molecule has 7 nitrogen and oxygen atoms in total. The largest absolute Gasteiger partial charge is 0.454 e. The fourth-order valence-corrected chi connectivity index (χ4v) is 3.58. The summed E-state index contributed by atoms with van der Waals surface area (Å²) in [5, 5.41) is 3.77. The maximum atomic E-state index is 12.5. The second-order valence-electron chi connectivity index (χ2n) is 6.44. The molecule has 25 heavy (non-hydrogen) atoms. The predicted octanol–water partition coefficient (Wildman–Crippen LogP) is 1.36. The Morgan fingerprint density at radius 1 is 1.32 bits per heavy atom. The molecule has 1 fully saturated rings. The van der Waals surface area contributed by atoms with E-state index in [-0.39, 0.29) is 24.3 Å². The van der Waals surface area contributed by atoms with E-state index < -0.39 is 0 Å². The maximum absolute atomic E-state index is 12.5. The first-order valence-electron chi connectivity index (χ1n) is 8.63. The molecular weight excluding hydrogens is 322 g/mol. The number of nitrogens with one attached hydrogen (secondary N) is 2. The molecule has 0 aliphatic carbocycles. The number of fused-ring (bicyclic) bond motifs is 2. The van der Waals surface area contributed by atoms with Crippen LogP contribution in [0.2, 0.25) is 0 Å². The second kappa shape index (κ2) is 6.40. The number of likely N-dealkylation sites (tertiary alicyclic amines) is 1. The van der Waals surface area contributed by atoms with Gasteiger partial charge in [-0.2, -0.15) is 0 Å². The number of ether oxygens (including phenoxy) is 2. The molecule has 0 saturated carbocycles. The van der Waals surface area contributed by atoms with Crippen molar-refractivity contribution in [1.82, 2.24) is 15.2 Å². The van der Waals surface area contributed by atoms with E-state index in [9.17, 15) is 9.59 Å². The average molecular weight is 343 g/mol. The van der Waals surface area contributed by atoms with Crippen LogP contribution < -0.4 is 20.3 Å². The molecule has 4 rings (SSSR count). The van der Waals surface area contributed by atoms with Crippen LogP contribution in [0.1, 0.15) is 25.3 Å². The van der Waals surface area contributed by atoms with Crippen LogP contribution in [0, 0.1) is 0 Å². The van der Waals surface area contributed by atoms with Crippen LogP contribution in [-0.2, 0) is 11.3 Å².